The lowest BCUT2D eigenvalue weighted by Gasteiger charge is -2.20. The van der Waals surface area contributed by atoms with Gasteiger partial charge in [-0.05, 0) is 39.7 Å². The van der Waals surface area contributed by atoms with Gasteiger partial charge in [0.25, 0.3) is 0 Å². The highest BCUT2D eigenvalue weighted by atomic mass is 32.2. The van der Waals surface area contributed by atoms with Gasteiger partial charge in [0, 0.05) is 19.1 Å². The van der Waals surface area contributed by atoms with Gasteiger partial charge < -0.3 is 4.90 Å². The third-order valence-electron chi connectivity index (χ3n) is 3.02. The van der Waals surface area contributed by atoms with E-state index in [0.717, 1.165) is 19.5 Å². The first-order valence-corrected chi connectivity index (χ1v) is 7.31. The van der Waals surface area contributed by atoms with Gasteiger partial charge in [-0.15, -0.1) is 0 Å². The molecule has 0 saturated carbocycles. The zero-order valence-corrected chi connectivity index (χ0v) is 10.7. The van der Waals surface area contributed by atoms with E-state index in [1.165, 1.54) is 0 Å². The van der Waals surface area contributed by atoms with Gasteiger partial charge in [0.2, 0.25) is 10.0 Å². The molecule has 1 rings (SSSR count). The quantitative estimate of drug-likeness (QED) is 0.760. The topological polar surface area (TPSA) is 49.4 Å². The summed E-state index contributed by atoms with van der Waals surface area (Å²) in [5, 5.41) is 0. The maximum atomic E-state index is 11.2. The molecule has 4 nitrogen and oxygen atoms in total. The van der Waals surface area contributed by atoms with Crippen LogP contribution in [-0.4, -0.2) is 44.7 Å². The predicted octanol–water partition coefficient (Wildman–Crippen LogP) is 0.656. The van der Waals surface area contributed by atoms with Crippen LogP contribution in [0.5, 0.6) is 0 Å². The lowest BCUT2D eigenvalue weighted by molar-refractivity contribution is 0.265. The summed E-state index contributed by atoms with van der Waals surface area (Å²) >= 11 is 0. The monoisotopic (exact) mass is 234 g/mol. The number of hydrogen-bond donors (Lipinski definition) is 1. The Morgan fingerprint density at radius 2 is 2.13 bits per heavy atom. The maximum absolute atomic E-state index is 11.2. The van der Waals surface area contributed by atoms with E-state index in [9.17, 15) is 8.42 Å². The Morgan fingerprint density at radius 3 is 2.60 bits per heavy atom. The van der Waals surface area contributed by atoms with Gasteiger partial charge in [-0.1, -0.05) is 0 Å². The van der Waals surface area contributed by atoms with Crippen LogP contribution < -0.4 is 4.72 Å². The van der Waals surface area contributed by atoms with E-state index in [-0.39, 0.29) is 5.75 Å². The molecule has 0 radical (unpaired) electrons. The van der Waals surface area contributed by atoms with Crippen LogP contribution >= 0.6 is 0 Å². The summed E-state index contributed by atoms with van der Waals surface area (Å²) < 4.78 is 25.1. The molecule has 1 fully saturated rings. The fourth-order valence-corrected chi connectivity index (χ4v) is 2.54. The summed E-state index contributed by atoms with van der Waals surface area (Å²) in [6.45, 7) is 8.73. The van der Waals surface area contributed by atoms with Gasteiger partial charge in [0.15, 0.2) is 0 Å². The molecule has 15 heavy (non-hydrogen) atoms. The molecular formula is C10H22N2O2S. The van der Waals surface area contributed by atoms with E-state index in [0.29, 0.717) is 18.5 Å². The van der Waals surface area contributed by atoms with Gasteiger partial charge in [0.1, 0.15) is 0 Å². The van der Waals surface area contributed by atoms with Crippen molar-refractivity contribution in [2.45, 2.75) is 33.2 Å². The van der Waals surface area contributed by atoms with Crippen molar-refractivity contribution < 1.29 is 8.42 Å². The van der Waals surface area contributed by atoms with Crippen molar-refractivity contribution in [2.75, 3.05) is 25.4 Å². The first-order valence-electron chi connectivity index (χ1n) is 5.66. The summed E-state index contributed by atoms with van der Waals surface area (Å²) in [4.78, 5) is 2.39. The van der Waals surface area contributed by atoms with Crippen LogP contribution in [0.2, 0.25) is 0 Å². The zero-order valence-electron chi connectivity index (χ0n) is 9.86. The van der Waals surface area contributed by atoms with Crippen molar-refractivity contribution in [2.24, 2.45) is 5.92 Å². The minimum absolute atomic E-state index is 0.174. The molecule has 0 aromatic heterocycles. The SMILES string of the molecule is CCS(=O)(=O)NCC1CCN(C(C)C)C1. The van der Waals surface area contributed by atoms with Crippen LogP contribution in [0.15, 0.2) is 0 Å². The highest BCUT2D eigenvalue weighted by molar-refractivity contribution is 7.89. The molecule has 1 N–H and O–H groups in total. The molecule has 1 heterocycles. The second-order valence-corrected chi connectivity index (χ2v) is 6.59. The van der Waals surface area contributed by atoms with Crippen molar-refractivity contribution in [1.29, 1.82) is 0 Å². The summed E-state index contributed by atoms with van der Waals surface area (Å²) in [6, 6.07) is 0.567. The molecule has 1 unspecified atom stereocenters. The Balaban J connectivity index is 2.31. The molecule has 0 aromatic rings. The third kappa shape index (κ3) is 4.09. The van der Waals surface area contributed by atoms with Crippen molar-refractivity contribution >= 4 is 10.0 Å². The van der Waals surface area contributed by atoms with Crippen LogP contribution in [0.4, 0.5) is 0 Å². The molecule has 0 amide bonds. The summed E-state index contributed by atoms with van der Waals surface area (Å²) in [7, 11) is -3.01. The lowest BCUT2D eigenvalue weighted by Crippen LogP contribution is -2.33. The smallest absolute Gasteiger partial charge is 0.211 e. The van der Waals surface area contributed by atoms with E-state index in [1.807, 2.05) is 0 Å². The molecular weight excluding hydrogens is 212 g/mol. The van der Waals surface area contributed by atoms with E-state index in [1.54, 1.807) is 6.92 Å². The minimum atomic E-state index is -3.01. The Labute approximate surface area is 93.1 Å². The summed E-state index contributed by atoms with van der Waals surface area (Å²) in [6.07, 6.45) is 1.10. The Kier molecular flexibility index (Phi) is 4.55. The number of sulfonamides is 1. The maximum Gasteiger partial charge on any atom is 0.211 e. The largest absolute Gasteiger partial charge is 0.301 e. The number of hydrogen-bond acceptors (Lipinski definition) is 3. The second kappa shape index (κ2) is 5.27. The summed E-state index contributed by atoms with van der Waals surface area (Å²) in [5.41, 5.74) is 0. The van der Waals surface area contributed by atoms with Crippen LogP contribution in [0.25, 0.3) is 0 Å². The van der Waals surface area contributed by atoms with Crippen molar-refractivity contribution in [3.05, 3.63) is 0 Å². The van der Waals surface area contributed by atoms with Gasteiger partial charge in [0.05, 0.1) is 5.75 Å². The van der Waals surface area contributed by atoms with Gasteiger partial charge >= 0.3 is 0 Å². The average molecular weight is 234 g/mol. The normalized spacial score (nSPS) is 23.9. The summed E-state index contributed by atoms with van der Waals surface area (Å²) in [5.74, 6) is 0.655. The Morgan fingerprint density at radius 1 is 1.47 bits per heavy atom. The minimum Gasteiger partial charge on any atom is -0.301 e. The molecule has 1 aliphatic rings. The standard InChI is InChI=1S/C10H22N2O2S/c1-4-15(13,14)11-7-10-5-6-12(8-10)9(2)3/h9-11H,4-8H2,1-3H3. The number of nitrogens with one attached hydrogen (secondary N) is 1. The highest BCUT2D eigenvalue weighted by Crippen LogP contribution is 2.17. The average Bonchev–Trinajstić information content (AvgIpc) is 2.63. The van der Waals surface area contributed by atoms with E-state index >= 15 is 0 Å². The van der Waals surface area contributed by atoms with Crippen molar-refractivity contribution in [1.82, 2.24) is 9.62 Å². The van der Waals surface area contributed by atoms with E-state index < -0.39 is 10.0 Å². The van der Waals surface area contributed by atoms with Crippen LogP contribution in [0.1, 0.15) is 27.2 Å². The molecule has 1 saturated heterocycles. The zero-order chi connectivity index (χ0) is 11.5. The van der Waals surface area contributed by atoms with Gasteiger partial charge in [-0.25, -0.2) is 13.1 Å². The number of nitrogens with zero attached hydrogens (tertiary/aromatic N) is 1. The second-order valence-electron chi connectivity index (χ2n) is 4.50. The molecule has 90 valence electrons. The Hall–Kier alpha value is -0.130. The van der Waals surface area contributed by atoms with Gasteiger partial charge in [-0.2, -0.15) is 0 Å². The van der Waals surface area contributed by atoms with Crippen LogP contribution in [0.3, 0.4) is 0 Å². The van der Waals surface area contributed by atoms with Crippen molar-refractivity contribution in [3.63, 3.8) is 0 Å². The number of rotatable bonds is 5. The van der Waals surface area contributed by atoms with E-state index in [2.05, 4.69) is 23.5 Å². The molecule has 5 heteroatoms. The van der Waals surface area contributed by atoms with Crippen molar-refractivity contribution in [3.8, 4) is 0 Å². The first kappa shape index (κ1) is 12.9. The molecule has 1 aliphatic heterocycles. The van der Waals surface area contributed by atoms with Crippen LogP contribution in [0, 0.1) is 5.92 Å². The predicted molar refractivity (Wildman–Crippen MR) is 62.3 cm³/mol. The molecule has 0 aromatic carbocycles. The van der Waals surface area contributed by atoms with Crippen LogP contribution in [-0.2, 0) is 10.0 Å². The number of likely N-dealkylation sites (tertiary alicyclic amines) is 1. The molecule has 0 aliphatic carbocycles. The third-order valence-corrected chi connectivity index (χ3v) is 4.39. The van der Waals surface area contributed by atoms with Gasteiger partial charge in [-0.3, -0.25) is 0 Å². The fraction of sp³-hybridized carbons (Fsp3) is 1.00. The first-order chi connectivity index (χ1) is 6.94. The van der Waals surface area contributed by atoms with E-state index in [4.69, 9.17) is 0 Å². The Bertz CT molecular complexity index is 288. The molecule has 0 bridgehead atoms. The highest BCUT2D eigenvalue weighted by Gasteiger charge is 2.24. The lowest BCUT2D eigenvalue weighted by atomic mass is 10.1. The molecule has 1 atom stereocenters. The fourth-order valence-electron chi connectivity index (χ4n) is 1.85. The molecule has 0 spiro atoms.